The van der Waals surface area contributed by atoms with Gasteiger partial charge in [0.1, 0.15) is 35.7 Å². The Balaban J connectivity index is 1.21. The van der Waals surface area contributed by atoms with Gasteiger partial charge in [-0.25, -0.2) is 19.5 Å². The molecule has 0 aliphatic carbocycles. The van der Waals surface area contributed by atoms with Crippen LogP contribution in [0.2, 0.25) is 5.02 Å². The summed E-state index contributed by atoms with van der Waals surface area (Å²) in [6.07, 6.45) is 7.75. The number of nitrogens with one attached hydrogen (secondary N) is 2. The molecule has 0 saturated carbocycles. The fourth-order valence-electron chi connectivity index (χ4n) is 4.84. The van der Waals surface area contributed by atoms with Gasteiger partial charge in [-0.1, -0.05) is 18.2 Å². The molecule has 0 radical (unpaired) electrons. The molecular weight excluding hydrogens is 544 g/mol. The highest BCUT2D eigenvalue weighted by atomic mass is 35.5. The maximum Gasteiger partial charge on any atom is 0.245 e. The number of fused-ring (bicyclic) bond motifs is 2. The quantitative estimate of drug-likeness (QED) is 0.234. The van der Waals surface area contributed by atoms with Crippen molar-refractivity contribution < 1.29 is 14.3 Å². The summed E-state index contributed by atoms with van der Waals surface area (Å²) in [7, 11) is 1.63. The van der Waals surface area contributed by atoms with Crippen molar-refractivity contribution in [3.63, 3.8) is 0 Å². The molecule has 2 N–H and O–H groups in total. The maximum atomic E-state index is 11.9. The van der Waals surface area contributed by atoms with Gasteiger partial charge in [0.15, 0.2) is 5.65 Å². The predicted molar refractivity (Wildman–Crippen MR) is 157 cm³/mol. The van der Waals surface area contributed by atoms with Gasteiger partial charge < -0.3 is 25.0 Å². The van der Waals surface area contributed by atoms with Gasteiger partial charge in [-0.05, 0) is 49.2 Å². The highest BCUT2D eigenvalue weighted by Gasteiger charge is 2.22. The van der Waals surface area contributed by atoms with Gasteiger partial charge in [0.25, 0.3) is 0 Å². The Kier molecular flexibility index (Phi) is 7.26. The lowest BCUT2D eigenvalue weighted by molar-refractivity contribution is -0.126. The fraction of sp³-hybridized carbons (Fsp3) is 0.207. The zero-order chi connectivity index (χ0) is 28.3. The molecule has 0 bridgehead atoms. The predicted octanol–water partition coefficient (Wildman–Crippen LogP) is 5.46. The Hall–Kier alpha value is -4.90. The van der Waals surface area contributed by atoms with Crippen LogP contribution in [-0.2, 0) is 4.79 Å². The molecule has 1 amide bonds. The van der Waals surface area contributed by atoms with Crippen LogP contribution >= 0.6 is 11.6 Å². The molecule has 1 aliphatic rings. The number of pyridine rings is 1. The van der Waals surface area contributed by atoms with Crippen molar-refractivity contribution in [2.75, 3.05) is 30.8 Å². The normalized spacial score (nSPS) is 13.8. The second-order valence-electron chi connectivity index (χ2n) is 9.54. The highest BCUT2D eigenvalue weighted by Crippen LogP contribution is 2.36. The molecular formula is C29H27ClN8O3. The Labute approximate surface area is 240 Å². The first-order valence-electron chi connectivity index (χ1n) is 13.0. The lowest BCUT2D eigenvalue weighted by atomic mass is 10.0. The molecule has 41 heavy (non-hydrogen) atoms. The number of likely N-dealkylation sites (tertiary alicyclic amines) is 1. The van der Waals surface area contributed by atoms with E-state index in [1.54, 1.807) is 42.1 Å². The standard InChI is InChI=1S/C29H27ClN8O3/c1-3-28(39)37-9-6-18(7-10-37)35-24-14-21-23(15-26(24)40-2)31-16-33-29(21)36-19-4-5-25(22(30)12-19)41-20-8-11-38-27(13-20)32-17-34-38/h3-5,8,11-18,35H,1,6-7,9-10H2,2H3,(H,31,33,36). The molecule has 0 atom stereocenters. The van der Waals surface area contributed by atoms with E-state index in [0.29, 0.717) is 46.8 Å². The molecule has 208 valence electrons. The Morgan fingerprint density at radius 2 is 1.93 bits per heavy atom. The van der Waals surface area contributed by atoms with Crippen molar-refractivity contribution in [3.8, 4) is 17.2 Å². The number of rotatable bonds is 8. The topological polar surface area (TPSA) is 119 Å². The first-order valence-corrected chi connectivity index (χ1v) is 13.4. The van der Waals surface area contributed by atoms with Crippen molar-refractivity contribution in [2.24, 2.45) is 0 Å². The van der Waals surface area contributed by atoms with Crippen molar-refractivity contribution in [3.05, 3.63) is 79.0 Å². The van der Waals surface area contributed by atoms with Crippen molar-refractivity contribution in [2.45, 2.75) is 18.9 Å². The summed E-state index contributed by atoms with van der Waals surface area (Å²) < 4.78 is 13.3. The third kappa shape index (κ3) is 5.57. The number of halogens is 1. The molecule has 0 unspecified atom stereocenters. The van der Waals surface area contributed by atoms with Crippen LogP contribution in [0.3, 0.4) is 0 Å². The highest BCUT2D eigenvalue weighted by molar-refractivity contribution is 6.32. The van der Waals surface area contributed by atoms with Crippen molar-refractivity contribution in [1.82, 2.24) is 29.5 Å². The molecule has 12 heteroatoms. The van der Waals surface area contributed by atoms with Crippen LogP contribution in [0.4, 0.5) is 17.2 Å². The SMILES string of the molecule is C=CC(=O)N1CCC(Nc2cc3c(Nc4ccc(Oc5ccn6ncnc6c5)c(Cl)c4)ncnc3cc2OC)CC1. The molecule has 0 spiro atoms. The van der Waals surface area contributed by atoms with E-state index < -0.39 is 0 Å². The number of amides is 1. The number of benzene rings is 2. The molecule has 6 rings (SSSR count). The van der Waals surface area contributed by atoms with Gasteiger partial charge in [-0.2, -0.15) is 5.10 Å². The van der Waals surface area contributed by atoms with Crippen LogP contribution in [0.25, 0.3) is 16.6 Å². The number of carbonyl (C=O) groups is 1. The summed E-state index contributed by atoms with van der Waals surface area (Å²) in [6.45, 7) is 4.93. The molecule has 1 fully saturated rings. The Bertz CT molecular complexity index is 1750. The molecule has 1 aliphatic heterocycles. The largest absolute Gasteiger partial charge is 0.495 e. The fourth-order valence-corrected chi connectivity index (χ4v) is 5.06. The number of piperidine rings is 1. The van der Waals surface area contributed by atoms with E-state index in [4.69, 9.17) is 21.1 Å². The Morgan fingerprint density at radius 1 is 1.07 bits per heavy atom. The number of nitrogens with zero attached hydrogens (tertiary/aromatic N) is 6. The molecule has 2 aromatic carbocycles. The third-order valence-electron chi connectivity index (χ3n) is 6.97. The van der Waals surface area contributed by atoms with Gasteiger partial charge in [-0.15, -0.1) is 0 Å². The van der Waals surface area contributed by atoms with E-state index in [9.17, 15) is 4.79 Å². The summed E-state index contributed by atoms with van der Waals surface area (Å²) >= 11 is 6.59. The lowest BCUT2D eigenvalue weighted by Gasteiger charge is -2.32. The summed E-state index contributed by atoms with van der Waals surface area (Å²) in [4.78, 5) is 26.9. The van der Waals surface area contributed by atoms with E-state index >= 15 is 0 Å². The van der Waals surface area contributed by atoms with E-state index in [0.717, 1.165) is 35.1 Å². The summed E-state index contributed by atoms with van der Waals surface area (Å²) in [6, 6.07) is 13.1. The van der Waals surface area contributed by atoms with E-state index in [1.165, 1.54) is 18.7 Å². The lowest BCUT2D eigenvalue weighted by Crippen LogP contribution is -2.41. The zero-order valence-electron chi connectivity index (χ0n) is 22.2. The smallest absolute Gasteiger partial charge is 0.245 e. The molecule has 4 heterocycles. The minimum Gasteiger partial charge on any atom is -0.495 e. The van der Waals surface area contributed by atoms with Crippen molar-refractivity contribution in [1.29, 1.82) is 0 Å². The van der Waals surface area contributed by atoms with Crippen LogP contribution in [0.1, 0.15) is 12.8 Å². The van der Waals surface area contributed by atoms with Crippen LogP contribution in [-0.4, -0.2) is 61.6 Å². The van der Waals surface area contributed by atoms with E-state index in [-0.39, 0.29) is 11.9 Å². The summed E-state index contributed by atoms with van der Waals surface area (Å²) in [5, 5.41) is 12.3. The maximum absolute atomic E-state index is 11.9. The Morgan fingerprint density at radius 3 is 2.71 bits per heavy atom. The number of hydrogen-bond acceptors (Lipinski definition) is 9. The number of methoxy groups -OCH3 is 1. The van der Waals surface area contributed by atoms with Gasteiger partial charge >= 0.3 is 0 Å². The van der Waals surface area contributed by atoms with Crippen LogP contribution in [0, 0.1) is 0 Å². The third-order valence-corrected chi connectivity index (χ3v) is 7.27. The molecule has 1 saturated heterocycles. The molecule has 3 aromatic heterocycles. The van der Waals surface area contributed by atoms with Crippen molar-refractivity contribution >= 4 is 51.3 Å². The van der Waals surface area contributed by atoms with Gasteiger partial charge in [0.05, 0.1) is 23.3 Å². The second-order valence-corrected chi connectivity index (χ2v) is 9.94. The van der Waals surface area contributed by atoms with E-state index in [2.05, 4.69) is 37.3 Å². The minimum atomic E-state index is -0.0346. The van der Waals surface area contributed by atoms with Crippen LogP contribution in [0.15, 0.2) is 74.0 Å². The minimum absolute atomic E-state index is 0.0346. The molecule has 5 aromatic rings. The van der Waals surface area contributed by atoms with Gasteiger partial charge in [0.2, 0.25) is 5.91 Å². The first kappa shape index (κ1) is 26.3. The average Bonchev–Trinajstić information content (AvgIpc) is 3.46. The number of ether oxygens (including phenoxy) is 2. The summed E-state index contributed by atoms with van der Waals surface area (Å²) in [5.41, 5.74) is 2.97. The van der Waals surface area contributed by atoms with E-state index in [1.807, 2.05) is 23.1 Å². The number of anilines is 3. The van der Waals surface area contributed by atoms with Crippen LogP contribution in [0.5, 0.6) is 17.2 Å². The summed E-state index contributed by atoms with van der Waals surface area (Å²) in [5.74, 6) is 2.37. The van der Waals surface area contributed by atoms with Gasteiger partial charge in [0, 0.05) is 48.5 Å². The zero-order valence-corrected chi connectivity index (χ0v) is 23.0. The number of hydrogen-bond donors (Lipinski definition) is 2. The average molecular weight is 571 g/mol. The molecule has 11 nitrogen and oxygen atoms in total. The van der Waals surface area contributed by atoms with Crippen LogP contribution < -0.4 is 20.1 Å². The number of carbonyl (C=O) groups excluding carboxylic acids is 1. The monoisotopic (exact) mass is 570 g/mol. The second kappa shape index (κ2) is 11.3. The number of aromatic nitrogens is 5. The van der Waals surface area contributed by atoms with Gasteiger partial charge in [-0.3, -0.25) is 4.79 Å². The first-order chi connectivity index (χ1) is 20.0.